The minimum Gasteiger partial charge on any atom is -0.508 e. The first-order chi connectivity index (χ1) is 12.5. The number of benzene rings is 2. The molecule has 26 heavy (non-hydrogen) atoms. The average molecular weight is 361 g/mol. The molecule has 0 aliphatic heterocycles. The first kappa shape index (κ1) is 21.4. The number of nitrogens with one attached hydrogen (secondary N) is 3. The number of urea groups is 1. The van der Waals surface area contributed by atoms with E-state index in [1.807, 2.05) is 19.2 Å². The van der Waals surface area contributed by atoms with Gasteiger partial charge in [-0.2, -0.15) is 0 Å². The van der Waals surface area contributed by atoms with Gasteiger partial charge < -0.3 is 21.1 Å². The van der Waals surface area contributed by atoms with Crippen molar-refractivity contribution in [3.63, 3.8) is 0 Å². The molecule has 2 rings (SSSR count). The van der Waals surface area contributed by atoms with E-state index in [9.17, 15) is 9.18 Å². The molecule has 0 radical (unpaired) electrons. The van der Waals surface area contributed by atoms with E-state index in [4.69, 9.17) is 5.11 Å². The second-order valence-electron chi connectivity index (χ2n) is 5.68. The van der Waals surface area contributed by atoms with Crippen LogP contribution < -0.4 is 16.0 Å². The number of amides is 2. The number of phenols is 1. The van der Waals surface area contributed by atoms with Crippen molar-refractivity contribution in [1.29, 1.82) is 0 Å². The van der Waals surface area contributed by atoms with E-state index >= 15 is 0 Å². The quantitative estimate of drug-likeness (QED) is 0.573. The van der Waals surface area contributed by atoms with Crippen molar-refractivity contribution in [2.75, 3.05) is 26.7 Å². The Bertz CT molecular complexity index is 631. The summed E-state index contributed by atoms with van der Waals surface area (Å²) in [7, 11) is 1.83. The monoisotopic (exact) mass is 361 g/mol. The maximum atomic E-state index is 12.6. The summed E-state index contributed by atoms with van der Waals surface area (Å²) in [5.41, 5.74) is 2.26. The molecular formula is C20H28FN3O2. The van der Waals surface area contributed by atoms with E-state index < -0.39 is 0 Å². The topological polar surface area (TPSA) is 73.4 Å². The number of carbonyl (C=O) groups is 1. The molecule has 0 fully saturated rings. The molecule has 0 saturated heterocycles. The first-order valence-electron chi connectivity index (χ1n) is 8.73. The van der Waals surface area contributed by atoms with Crippen LogP contribution in [0.4, 0.5) is 9.18 Å². The third-order valence-corrected chi connectivity index (χ3v) is 3.62. The maximum absolute atomic E-state index is 12.6. The van der Waals surface area contributed by atoms with Crippen molar-refractivity contribution in [3.8, 4) is 5.75 Å². The van der Waals surface area contributed by atoms with Crippen LogP contribution in [0.25, 0.3) is 0 Å². The number of halogens is 1. The van der Waals surface area contributed by atoms with Gasteiger partial charge in [-0.15, -0.1) is 0 Å². The van der Waals surface area contributed by atoms with Crippen LogP contribution in [0.1, 0.15) is 18.1 Å². The third kappa shape index (κ3) is 9.64. The summed E-state index contributed by atoms with van der Waals surface area (Å²) >= 11 is 0. The van der Waals surface area contributed by atoms with Crippen LogP contribution in [0.15, 0.2) is 48.5 Å². The fraction of sp³-hybridized carbons (Fsp3) is 0.350. The van der Waals surface area contributed by atoms with E-state index in [0.717, 1.165) is 18.5 Å². The van der Waals surface area contributed by atoms with Gasteiger partial charge in [0, 0.05) is 19.6 Å². The summed E-state index contributed by atoms with van der Waals surface area (Å²) in [4.78, 5) is 11.3. The van der Waals surface area contributed by atoms with Gasteiger partial charge in [0.25, 0.3) is 0 Å². The first-order valence-corrected chi connectivity index (χ1v) is 8.73. The van der Waals surface area contributed by atoms with Crippen molar-refractivity contribution in [3.05, 3.63) is 65.5 Å². The zero-order chi connectivity index (χ0) is 19.2. The van der Waals surface area contributed by atoms with Gasteiger partial charge in [0.15, 0.2) is 0 Å². The molecule has 0 aromatic heterocycles. The highest BCUT2D eigenvalue weighted by atomic mass is 19.1. The lowest BCUT2D eigenvalue weighted by atomic mass is 10.1. The number of rotatable bonds is 7. The molecule has 142 valence electrons. The van der Waals surface area contributed by atoms with Crippen LogP contribution in [0.5, 0.6) is 5.75 Å². The summed E-state index contributed by atoms with van der Waals surface area (Å²) in [6.07, 6.45) is 1.72. The Morgan fingerprint density at radius 2 is 1.50 bits per heavy atom. The number of likely N-dealkylation sites (N-methyl/N-ethyl adjacent to an activating group) is 1. The van der Waals surface area contributed by atoms with Gasteiger partial charge in [0.2, 0.25) is 0 Å². The average Bonchev–Trinajstić information content (AvgIpc) is 2.65. The van der Waals surface area contributed by atoms with Crippen LogP contribution in [-0.4, -0.2) is 37.8 Å². The van der Waals surface area contributed by atoms with E-state index in [1.165, 1.54) is 17.7 Å². The highest BCUT2D eigenvalue weighted by molar-refractivity contribution is 5.73. The number of carbonyl (C=O) groups excluding carboxylic acids is 1. The molecule has 2 aromatic carbocycles. The Kier molecular flexibility index (Phi) is 10.5. The summed E-state index contributed by atoms with van der Waals surface area (Å²) in [5.74, 6) is 0.0960. The largest absolute Gasteiger partial charge is 0.508 e. The van der Waals surface area contributed by atoms with Gasteiger partial charge in [-0.1, -0.05) is 31.2 Å². The minimum absolute atomic E-state index is 0.178. The second kappa shape index (κ2) is 12.7. The van der Waals surface area contributed by atoms with Gasteiger partial charge in [-0.05, 0) is 55.3 Å². The third-order valence-electron chi connectivity index (χ3n) is 3.62. The number of hydrogen-bond donors (Lipinski definition) is 4. The standard InChI is InChI=1S/C12H18FN3O.C8H10O/c1-14-8-9-16-12(17)15-7-6-10-2-4-11(13)5-3-10;1-2-7-3-5-8(9)6-4-7/h2-5,14H,6-9H2,1H3,(H2,15,16,17);3-6,9H,2H2,1H3. The molecule has 0 spiro atoms. The van der Waals surface area contributed by atoms with Crippen molar-refractivity contribution < 1.29 is 14.3 Å². The fourth-order valence-electron chi connectivity index (χ4n) is 2.07. The Hall–Kier alpha value is -2.60. The molecule has 2 aromatic rings. The van der Waals surface area contributed by atoms with Gasteiger partial charge in [-0.25, -0.2) is 9.18 Å². The van der Waals surface area contributed by atoms with Crippen molar-refractivity contribution in [2.45, 2.75) is 19.8 Å². The maximum Gasteiger partial charge on any atom is 0.314 e. The van der Waals surface area contributed by atoms with E-state index in [0.29, 0.717) is 25.3 Å². The van der Waals surface area contributed by atoms with Gasteiger partial charge in [0.05, 0.1) is 0 Å². The molecule has 0 aliphatic carbocycles. The second-order valence-corrected chi connectivity index (χ2v) is 5.68. The molecule has 2 amide bonds. The molecule has 5 nitrogen and oxygen atoms in total. The van der Waals surface area contributed by atoms with Crippen molar-refractivity contribution in [1.82, 2.24) is 16.0 Å². The Morgan fingerprint density at radius 3 is 2.08 bits per heavy atom. The molecule has 0 atom stereocenters. The van der Waals surface area contributed by atoms with Gasteiger partial charge in [0.1, 0.15) is 11.6 Å². The van der Waals surface area contributed by atoms with E-state index in [1.54, 1.807) is 24.3 Å². The molecule has 0 saturated carbocycles. The number of hydrogen-bond acceptors (Lipinski definition) is 3. The predicted octanol–water partition coefficient (Wildman–Crippen LogP) is 2.84. The summed E-state index contributed by atoms with van der Waals surface area (Å²) < 4.78 is 12.6. The molecular weight excluding hydrogens is 333 g/mol. The molecule has 0 aliphatic rings. The highest BCUT2D eigenvalue weighted by Crippen LogP contribution is 2.09. The van der Waals surface area contributed by atoms with Crippen LogP contribution in [0.3, 0.4) is 0 Å². The smallest absolute Gasteiger partial charge is 0.314 e. The molecule has 0 unspecified atom stereocenters. The predicted molar refractivity (Wildman–Crippen MR) is 103 cm³/mol. The normalized spacial score (nSPS) is 9.81. The molecule has 0 heterocycles. The molecule has 6 heteroatoms. The van der Waals surface area contributed by atoms with Crippen LogP contribution in [0, 0.1) is 5.82 Å². The van der Waals surface area contributed by atoms with E-state index in [2.05, 4.69) is 22.9 Å². The van der Waals surface area contributed by atoms with Crippen LogP contribution in [0.2, 0.25) is 0 Å². The number of phenolic OH excluding ortho intramolecular Hbond substituents is 1. The zero-order valence-corrected chi connectivity index (χ0v) is 15.4. The Morgan fingerprint density at radius 1 is 0.923 bits per heavy atom. The summed E-state index contributed by atoms with van der Waals surface area (Å²) in [5, 5.41) is 17.2. The van der Waals surface area contributed by atoms with Gasteiger partial charge in [-0.3, -0.25) is 0 Å². The lowest BCUT2D eigenvalue weighted by molar-refractivity contribution is 0.241. The zero-order valence-electron chi connectivity index (χ0n) is 15.4. The number of aryl methyl sites for hydroxylation is 1. The van der Waals surface area contributed by atoms with Crippen molar-refractivity contribution in [2.24, 2.45) is 0 Å². The lowest BCUT2D eigenvalue weighted by Gasteiger charge is -2.07. The lowest BCUT2D eigenvalue weighted by Crippen LogP contribution is -2.39. The summed E-state index contributed by atoms with van der Waals surface area (Å²) in [6.45, 7) is 3.97. The molecule has 0 bridgehead atoms. The SMILES string of the molecule is CCc1ccc(O)cc1.CNCCNC(=O)NCCc1ccc(F)cc1. The van der Waals surface area contributed by atoms with Crippen molar-refractivity contribution >= 4 is 6.03 Å². The van der Waals surface area contributed by atoms with Crippen LogP contribution in [-0.2, 0) is 12.8 Å². The Labute approximate surface area is 154 Å². The fourth-order valence-corrected chi connectivity index (χ4v) is 2.07. The van der Waals surface area contributed by atoms with Crippen LogP contribution >= 0.6 is 0 Å². The Balaban J connectivity index is 0.000000314. The van der Waals surface area contributed by atoms with E-state index in [-0.39, 0.29) is 11.8 Å². The summed E-state index contributed by atoms with van der Waals surface area (Å²) in [6, 6.07) is 13.4. The highest BCUT2D eigenvalue weighted by Gasteiger charge is 1.99. The van der Waals surface area contributed by atoms with Gasteiger partial charge >= 0.3 is 6.03 Å². The minimum atomic E-state index is -0.244. The number of aromatic hydroxyl groups is 1. The molecule has 4 N–H and O–H groups in total.